The first kappa shape index (κ1) is 11.7. The van der Waals surface area contributed by atoms with Gasteiger partial charge in [-0.05, 0) is 46.6 Å². The molecule has 0 aliphatic heterocycles. The average Bonchev–Trinajstić information content (AvgIpc) is 2.86. The molecule has 0 spiro atoms. The first-order chi connectivity index (χ1) is 9.83. The second-order valence-electron chi connectivity index (χ2n) is 5.76. The van der Waals surface area contributed by atoms with Gasteiger partial charge in [-0.3, -0.25) is 4.79 Å². The van der Waals surface area contributed by atoms with E-state index in [0.29, 0.717) is 18.3 Å². The highest BCUT2D eigenvalue weighted by molar-refractivity contribution is 6.01. The lowest BCUT2D eigenvalue weighted by atomic mass is 9.75. The number of carbonyl (C=O) groups is 1. The molecular formula is C19H16O. The molecule has 2 aromatic rings. The summed E-state index contributed by atoms with van der Waals surface area (Å²) in [6.07, 6.45) is 3.59. The second kappa shape index (κ2) is 4.45. The number of rotatable bonds is 1. The van der Waals surface area contributed by atoms with Gasteiger partial charge in [0.15, 0.2) is 5.78 Å². The van der Waals surface area contributed by atoms with Gasteiger partial charge in [0, 0.05) is 6.42 Å². The highest BCUT2D eigenvalue weighted by Crippen LogP contribution is 2.48. The van der Waals surface area contributed by atoms with E-state index in [4.69, 9.17) is 0 Å². The number of ketones is 1. The summed E-state index contributed by atoms with van der Waals surface area (Å²) < 4.78 is 0. The fraction of sp³-hybridized carbons (Fsp3) is 0.211. The number of hydrogen-bond donors (Lipinski definition) is 0. The SMILES string of the molecule is O=C1C=C2c3ccccc3C[C@@H]2[C@H](c2ccccc2)C1. The van der Waals surface area contributed by atoms with E-state index in [1.165, 1.54) is 22.3 Å². The summed E-state index contributed by atoms with van der Waals surface area (Å²) in [6.45, 7) is 0. The predicted molar refractivity (Wildman–Crippen MR) is 80.4 cm³/mol. The average molecular weight is 260 g/mol. The van der Waals surface area contributed by atoms with Gasteiger partial charge in [-0.15, -0.1) is 0 Å². The van der Waals surface area contributed by atoms with E-state index < -0.39 is 0 Å². The maximum Gasteiger partial charge on any atom is 0.156 e. The van der Waals surface area contributed by atoms with Crippen LogP contribution in [0.2, 0.25) is 0 Å². The number of hydrogen-bond acceptors (Lipinski definition) is 1. The molecule has 0 bridgehead atoms. The van der Waals surface area contributed by atoms with Gasteiger partial charge in [0.05, 0.1) is 0 Å². The Bertz CT molecular complexity index is 697. The van der Waals surface area contributed by atoms with E-state index in [9.17, 15) is 4.79 Å². The zero-order valence-corrected chi connectivity index (χ0v) is 11.3. The zero-order valence-electron chi connectivity index (χ0n) is 11.3. The summed E-state index contributed by atoms with van der Waals surface area (Å²) in [6, 6.07) is 19.0. The molecular weight excluding hydrogens is 244 g/mol. The molecule has 0 saturated heterocycles. The van der Waals surface area contributed by atoms with Gasteiger partial charge >= 0.3 is 0 Å². The van der Waals surface area contributed by atoms with Gasteiger partial charge in [-0.25, -0.2) is 0 Å². The molecule has 0 saturated carbocycles. The van der Waals surface area contributed by atoms with Gasteiger partial charge in [-0.2, -0.15) is 0 Å². The van der Waals surface area contributed by atoms with Crippen LogP contribution in [0, 0.1) is 5.92 Å². The van der Waals surface area contributed by atoms with E-state index in [1.807, 2.05) is 12.1 Å². The molecule has 1 heteroatoms. The summed E-state index contributed by atoms with van der Waals surface area (Å²) >= 11 is 0. The lowest BCUT2D eigenvalue weighted by Gasteiger charge is -2.28. The van der Waals surface area contributed by atoms with E-state index in [1.54, 1.807) is 0 Å². The molecule has 20 heavy (non-hydrogen) atoms. The van der Waals surface area contributed by atoms with Gasteiger partial charge < -0.3 is 0 Å². The van der Waals surface area contributed by atoms with Crippen LogP contribution >= 0.6 is 0 Å². The minimum Gasteiger partial charge on any atom is -0.295 e. The Morgan fingerprint density at radius 2 is 1.55 bits per heavy atom. The lowest BCUT2D eigenvalue weighted by Crippen LogP contribution is -2.21. The predicted octanol–water partition coefficient (Wildman–Crippen LogP) is 4.00. The number of carbonyl (C=O) groups excluding carboxylic acids is 1. The summed E-state index contributed by atoms with van der Waals surface area (Å²) in [5.41, 5.74) is 5.22. The van der Waals surface area contributed by atoms with Crippen molar-refractivity contribution in [1.82, 2.24) is 0 Å². The highest BCUT2D eigenvalue weighted by Gasteiger charge is 2.37. The van der Waals surface area contributed by atoms with Crippen LogP contribution in [-0.4, -0.2) is 5.78 Å². The van der Waals surface area contributed by atoms with Crippen molar-refractivity contribution in [3.63, 3.8) is 0 Å². The van der Waals surface area contributed by atoms with Crippen LogP contribution in [-0.2, 0) is 11.2 Å². The lowest BCUT2D eigenvalue weighted by molar-refractivity contribution is -0.115. The van der Waals surface area contributed by atoms with Crippen LogP contribution in [0.25, 0.3) is 5.57 Å². The molecule has 0 heterocycles. The summed E-state index contributed by atoms with van der Waals surface area (Å²) in [5, 5.41) is 0. The van der Waals surface area contributed by atoms with Crippen molar-refractivity contribution in [3.8, 4) is 0 Å². The molecule has 2 atom stereocenters. The van der Waals surface area contributed by atoms with Crippen molar-refractivity contribution in [2.45, 2.75) is 18.8 Å². The standard InChI is InChI=1S/C19H16O/c20-15-11-17(13-6-2-1-3-7-13)18-10-14-8-4-5-9-16(14)19(18)12-15/h1-9,12,17-18H,10-11H2/t17-,18+/m0/s1. The van der Waals surface area contributed by atoms with Crippen molar-refractivity contribution in [2.24, 2.45) is 5.92 Å². The number of benzene rings is 2. The zero-order chi connectivity index (χ0) is 13.5. The Morgan fingerprint density at radius 3 is 2.40 bits per heavy atom. The van der Waals surface area contributed by atoms with Gasteiger partial charge in [0.2, 0.25) is 0 Å². The van der Waals surface area contributed by atoms with Crippen LogP contribution in [0.3, 0.4) is 0 Å². The Hall–Kier alpha value is -2.15. The molecule has 2 aliphatic carbocycles. The van der Waals surface area contributed by atoms with Crippen LogP contribution in [0.4, 0.5) is 0 Å². The molecule has 2 aliphatic rings. The van der Waals surface area contributed by atoms with Crippen molar-refractivity contribution in [3.05, 3.63) is 77.4 Å². The Morgan fingerprint density at radius 1 is 0.800 bits per heavy atom. The molecule has 0 N–H and O–H groups in total. The van der Waals surface area contributed by atoms with Crippen molar-refractivity contribution in [2.75, 3.05) is 0 Å². The molecule has 4 rings (SSSR count). The Labute approximate surface area is 119 Å². The third-order valence-electron chi connectivity index (χ3n) is 4.62. The van der Waals surface area contributed by atoms with E-state index >= 15 is 0 Å². The third kappa shape index (κ3) is 1.74. The molecule has 1 nitrogen and oxygen atoms in total. The van der Waals surface area contributed by atoms with Crippen LogP contribution in [0.5, 0.6) is 0 Å². The molecule has 98 valence electrons. The third-order valence-corrected chi connectivity index (χ3v) is 4.62. The second-order valence-corrected chi connectivity index (χ2v) is 5.76. The highest BCUT2D eigenvalue weighted by atomic mass is 16.1. The van der Waals surface area contributed by atoms with Gasteiger partial charge in [0.1, 0.15) is 0 Å². The Kier molecular flexibility index (Phi) is 2.59. The van der Waals surface area contributed by atoms with E-state index in [-0.39, 0.29) is 5.78 Å². The van der Waals surface area contributed by atoms with Crippen molar-refractivity contribution >= 4 is 11.4 Å². The maximum absolute atomic E-state index is 12.1. The summed E-state index contributed by atoms with van der Waals surface area (Å²) in [5.74, 6) is 1.06. The molecule has 2 aromatic carbocycles. The maximum atomic E-state index is 12.1. The van der Waals surface area contributed by atoms with Gasteiger partial charge in [-0.1, -0.05) is 54.6 Å². The van der Waals surface area contributed by atoms with Crippen LogP contribution in [0.1, 0.15) is 29.0 Å². The molecule has 0 fully saturated rings. The molecule has 0 aromatic heterocycles. The smallest absolute Gasteiger partial charge is 0.156 e. The molecule has 0 amide bonds. The van der Waals surface area contributed by atoms with Gasteiger partial charge in [0.25, 0.3) is 0 Å². The Balaban J connectivity index is 1.81. The first-order valence-electron chi connectivity index (χ1n) is 7.20. The number of fused-ring (bicyclic) bond motifs is 3. The van der Waals surface area contributed by atoms with Crippen LogP contribution in [0.15, 0.2) is 60.7 Å². The van der Waals surface area contributed by atoms with Crippen molar-refractivity contribution < 1.29 is 4.79 Å². The summed E-state index contributed by atoms with van der Waals surface area (Å²) in [7, 11) is 0. The van der Waals surface area contributed by atoms with E-state index in [0.717, 1.165) is 6.42 Å². The minimum absolute atomic E-state index is 0.266. The fourth-order valence-corrected chi connectivity index (χ4v) is 3.71. The summed E-state index contributed by atoms with van der Waals surface area (Å²) in [4.78, 5) is 12.1. The number of allylic oxidation sites excluding steroid dienone is 2. The molecule has 0 unspecified atom stereocenters. The van der Waals surface area contributed by atoms with E-state index in [2.05, 4.69) is 48.5 Å². The largest absolute Gasteiger partial charge is 0.295 e. The monoisotopic (exact) mass is 260 g/mol. The molecule has 0 radical (unpaired) electrons. The quantitative estimate of drug-likeness (QED) is 0.757. The first-order valence-corrected chi connectivity index (χ1v) is 7.20. The minimum atomic E-state index is 0.266. The topological polar surface area (TPSA) is 17.1 Å². The van der Waals surface area contributed by atoms with Crippen molar-refractivity contribution in [1.29, 1.82) is 0 Å². The van der Waals surface area contributed by atoms with Crippen LogP contribution < -0.4 is 0 Å². The fourth-order valence-electron chi connectivity index (χ4n) is 3.71. The normalized spacial score (nSPS) is 24.0.